The summed E-state index contributed by atoms with van der Waals surface area (Å²) in [6.45, 7) is 7.35. The Bertz CT molecular complexity index is 1290. The van der Waals surface area contributed by atoms with Gasteiger partial charge in [-0.3, -0.25) is 9.98 Å². The van der Waals surface area contributed by atoms with Gasteiger partial charge in [0.05, 0.1) is 11.4 Å². The van der Waals surface area contributed by atoms with Crippen LogP contribution in [-0.4, -0.2) is 11.7 Å². The van der Waals surface area contributed by atoms with Gasteiger partial charge in [0.15, 0.2) is 0 Å². The van der Waals surface area contributed by atoms with Crippen LogP contribution in [0.25, 0.3) is 39.2 Å². The van der Waals surface area contributed by atoms with Gasteiger partial charge < -0.3 is 0 Å². The van der Waals surface area contributed by atoms with Crippen molar-refractivity contribution in [3.8, 4) is 33.5 Å². The monoisotopic (exact) mass is 454 g/mol. The largest absolute Gasteiger partial charge is 0.264 e. The molecule has 0 saturated carbocycles. The van der Waals surface area contributed by atoms with Gasteiger partial charge in [-0.25, -0.2) is 0 Å². The third-order valence-corrected chi connectivity index (χ3v) is 5.78. The van der Waals surface area contributed by atoms with Crippen molar-refractivity contribution >= 4 is 35.6 Å². The Kier molecular flexibility index (Phi) is 6.65. The highest BCUT2D eigenvalue weighted by molar-refractivity contribution is 6.38. The van der Waals surface area contributed by atoms with Gasteiger partial charge in [-0.05, 0) is 48.2 Å². The first kappa shape index (κ1) is 21.8. The first-order chi connectivity index (χ1) is 15.6. The molecule has 32 heavy (non-hydrogen) atoms. The van der Waals surface area contributed by atoms with Crippen LogP contribution in [0.1, 0.15) is 5.56 Å². The van der Waals surface area contributed by atoms with Crippen molar-refractivity contribution < 1.29 is 0 Å². The molecule has 156 valence electrons. The van der Waals surface area contributed by atoms with E-state index in [1.165, 1.54) is 0 Å². The molecule has 0 bridgehead atoms. The summed E-state index contributed by atoms with van der Waals surface area (Å²) in [5.41, 5.74) is 7.53. The average molecular weight is 455 g/mol. The molecule has 0 saturated heterocycles. The average Bonchev–Trinajstić information content (AvgIpc) is 2.84. The fraction of sp³-hybridized carbons (Fsp3) is 0. The molecule has 4 heteroatoms. The van der Waals surface area contributed by atoms with Gasteiger partial charge in [-0.2, -0.15) is 0 Å². The Morgan fingerprint density at radius 2 is 1.38 bits per heavy atom. The lowest BCUT2D eigenvalue weighted by molar-refractivity contribution is 1.33. The Morgan fingerprint density at radius 1 is 0.781 bits per heavy atom. The first-order valence-corrected chi connectivity index (χ1v) is 10.8. The number of allylic oxidation sites excluding steroid dienone is 2. The van der Waals surface area contributed by atoms with E-state index in [4.69, 9.17) is 23.2 Å². The summed E-state index contributed by atoms with van der Waals surface area (Å²) in [6, 6.07) is 25.9. The molecule has 4 aromatic rings. The zero-order valence-electron chi connectivity index (χ0n) is 17.3. The summed E-state index contributed by atoms with van der Waals surface area (Å²) >= 11 is 13.1. The van der Waals surface area contributed by atoms with Crippen molar-refractivity contribution in [2.75, 3.05) is 0 Å². The van der Waals surface area contributed by atoms with E-state index in [-0.39, 0.29) is 0 Å². The molecule has 3 aromatic carbocycles. The molecule has 1 heterocycles. The topological polar surface area (TPSA) is 25.2 Å². The van der Waals surface area contributed by atoms with Crippen LogP contribution >= 0.6 is 23.2 Å². The zero-order chi connectivity index (χ0) is 22.5. The van der Waals surface area contributed by atoms with Crippen LogP contribution in [0, 0.1) is 0 Å². The number of hydrogen-bond donors (Lipinski definition) is 0. The van der Waals surface area contributed by atoms with Gasteiger partial charge in [0.2, 0.25) is 0 Å². The smallest absolute Gasteiger partial charge is 0.0701 e. The molecule has 0 aliphatic carbocycles. The van der Waals surface area contributed by atoms with E-state index in [9.17, 15) is 0 Å². The second-order valence-electron chi connectivity index (χ2n) is 7.13. The number of hydrogen-bond acceptors (Lipinski definition) is 2. The number of nitrogens with zero attached hydrogens (tertiary/aromatic N) is 2. The minimum Gasteiger partial charge on any atom is -0.264 e. The number of benzene rings is 3. The van der Waals surface area contributed by atoms with E-state index in [1.54, 1.807) is 18.3 Å². The highest BCUT2D eigenvalue weighted by atomic mass is 35.5. The number of aliphatic imine (C=N–C) groups is 1. The Hall–Kier alpha value is -3.46. The lowest BCUT2D eigenvalue weighted by atomic mass is 9.97. The normalized spacial score (nSPS) is 11.2. The van der Waals surface area contributed by atoms with Gasteiger partial charge >= 0.3 is 0 Å². The van der Waals surface area contributed by atoms with Crippen LogP contribution in [0.3, 0.4) is 0 Å². The number of pyridine rings is 1. The SMILES string of the molecule is C=C/C=C(\N=C)c1ccc(-c2cc(-c3ccc(-c4ccccn4)cc3)c(Cl)cc2Cl)cc1. The van der Waals surface area contributed by atoms with Crippen LogP contribution in [0.4, 0.5) is 0 Å². The molecular formula is C28H20Cl2N2. The predicted octanol–water partition coefficient (Wildman–Crippen LogP) is 8.62. The van der Waals surface area contributed by atoms with Gasteiger partial charge in [0.25, 0.3) is 0 Å². The highest BCUT2D eigenvalue weighted by Crippen LogP contribution is 2.38. The molecular weight excluding hydrogens is 435 g/mol. The number of halogens is 2. The van der Waals surface area contributed by atoms with Gasteiger partial charge in [-0.1, -0.05) is 90.5 Å². The zero-order valence-corrected chi connectivity index (χ0v) is 18.8. The Labute approximate surface area is 198 Å². The molecule has 0 radical (unpaired) electrons. The van der Waals surface area contributed by atoms with Crippen molar-refractivity contribution in [2.24, 2.45) is 4.99 Å². The lowest BCUT2D eigenvalue weighted by Crippen LogP contribution is -1.88. The van der Waals surface area contributed by atoms with Gasteiger partial charge in [-0.15, -0.1) is 0 Å². The van der Waals surface area contributed by atoms with Crippen LogP contribution in [0.15, 0.2) is 109 Å². The molecule has 4 rings (SSSR count). The molecule has 2 nitrogen and oxygen atoms in total. The van der Waals surface area contributed by atoms with E-state index in [2.05, 4.69) is 23.3 Å². The third-order valence-electron chi connectivity index (χ3n) is 5.15. The van der Waals surface area contributed by atoms with E-state index in [0.29, 0.717) is 10.0 Å². The fourth-order valence-electron chi connectivity index (χ4n) is 3.52. The van der Waals surface area contributed by atoms with Crippen LogP contribution in [0.2, 0.25) is 10.0 Å². The predicted molar refractivity (Wildman–Crippen MR) is 138 cm³/mol. The maximum Gasteiger partial charge on any atom is 0.0701 e. The summed E-state index contributed by atoms with van der Waals surface area (Å²) in [6.07, 6.45) is 5.31. The molecule has 1 aromatic heterocycles. The summed E-state index contributed by atoms with van der Waals surface area (Å²) in [7, 11) is 0. The molecule has 0 amide bonds. The third kappa shape index (κ3) is 4.57. The number of rotatable bonds is 6. The molecule has 0 aliphatic heterocycles. The lowest BCUT2D eigenvalue weighted by Gasteiger charge is -2.12. The first-order valence-electron chi connectivity index (χ1n) is 10.0. The molecule has 0 aliphatic rings. The second kappa shape index (κ2) is 9.78. The fourth-order valence-corrected chi connectivity index (χ4v) is 4.12. The van der Waals surface area contributed by atoms with E-state index < -0.39 is 0 Å². The maximum absolute atomic E-state index is 6.57. The van der Waals surface area contributed by atoms with E-state index >= 15 is 0 Å². The van der Waals surface area contributed by atoms with Crippen molar-refractivity contribution in [3.63, 3.8) is 0 Å². The summed E-state index contributed by atoms with van der Waals surface area (Å²) < 4.78 is 0. The van der Waals surface area contributed by atoms with Crippen LogP contribution in [0.5, 0.6) is 0 Å². The Balaban J connectivity index is 1.70. The quantitative estimate of drug-likeness (QED) is 0.211. The molecule has 0 fully saturated rings. The molecule has 0 N–H and O–H groups in total. The molecule has 0 spiro atoms. The van der Waals surface area contributed by atoms with Gasteiger partial charge in [0.1, 0.15) is 0 Å². The van der Waals surface area contributed by atoms with Crippen molar-refractivity contribution in [2.45, 2.75) is 0 Å². The molecule has 0 unspecified atom stereocenters. The van der Waals surface area contributed by atoms with E-state index in [1.807, 2.05) is 78.9 Å². The number of aromatic nitrogens is 1. The standard InChI is InChI=1S/C28H20Cl2N2/c1-3-6-27(31-2)21-12-8-19(9-13-21)23-17-24(26(30)18-25(23)29)20-10-14-22(15-11-20)28-7-4-5-16-32-28/h3-18H,1-2H2/b27-6-. The minimum atomic E-state index is 0.598. The van der Waals surface area contributed by atoms with E-state index in [0.717, 1.165) is 44.8 Å². The van der Waals surface area contributed by atoms with Crippen molar-refractivity contribution in [1.82, 2.24) is 4.98 Å². The second-order valence-corrected chi connectivity index (χ2v) is 7.94. The van der Waals surface area contributed by atoms with Crippen molar-refractivity contribution in [3.05, 3.63) is 119 Å². The summed E-state index contributed by atoms with van der Waals surface area (Å²) in [5, 5.41) is 1.20. The highest BCUT2D eigenvalue weighted by Gasteiger charge is 2.12. The summed E-state index contributed by atoms with van der Waals surface area (Å²) in [4.78, 5) is 8.46. The Morgan fingerprint density at radius 3 is 1.91 bits per heavy atom. The van der Waals surface area contributed by atoms with Crippen LogP contribution in [-0.2, 0) is 0 Å². The van der Waals surface area contributed by atoms with Crippen LogP contribution < -0.4 is 0 Å². The summed E-state index contributed by atoms with van der Waals surface area (Å²) in [5.74, 6) is 0. The van der Waals surface area contributed by atoms with Gasteiger partial charge in [0, 0.05) is 38.5 Å². The molecule has 0 atom stereocenters. The minimum absolute atomic E-state index is 0.598. The van der Waals surface area contributed by atoms with Crippen molar-refractivity contribution in [1.29, 1.82) is 0 Å². The maximum atomic E-state index is 6.57.